The molecule has 0 unspecified atom stereocenters. The molecule has 0 radical (unpaired) electrons. The quantitative estimate of drug-likeness (QED) is 0.256. The van der Waals surface area contributed by atoms with Crippen molar-refractivity contribution in [3.63, 3.8) is 0 Å². The molecule has 1 amide bonds. The summed E-state index contributed by atoms with van der Waals surface area (Å²) in [5.74, 6) is 0.876. The molecular formula is C31H37N5O5S. The van der Waals surface area contributed by atoms with Crippen LogP contribution >= 0.6 is 11.3 Å². The Morgan fingerprint density at radius 1 is 1.24 bits per heavy atom. The Kier molecular flexibility index (Phi) is 8.79. The maximum absolute atomic E-state index is 12.9. The zero-order valence-corrected chi connectivity index (χ0v) is 25.4. The van der Waals surface area contributed by atoms with Crippen LogP contribution in [-0.2, 0) is 23.1 Å². The van der Waals surface area contributed by atoms with E-state index < -0.39 is 6.09 Å². The van der Waals surface area contributed by atoms with Gasteiger partial charge in [-0.3, -0.25) is 9.36 Å². The first-order valence-electron chi connectivity index (χ1n) is 14.0. The van der Waals surface area contributed by atoms with Gasteiger partial charge < -0.3 is 24.8 Å². The minimum Gasteiger partial charge on any atom is -0.482 e. The van der Waals surface area contributed by atoms with Gasteiger partial charge in [0.25, 0.3) is 5.56 Å². The van der Waals surface area contributed by atoms with E-state index in [2.05, 4.69) is 45.0 Å². The summed E-state index contributed by atoms with van der Waals surface area (Å²) in [6.45, 7) is 9.94. The van der Waals surface area contributed by atoms with Gasteiger partial charge in [0.15, 0.2) is 5.75 Å². The Labute approximate surface area is 249 Å². The van der Waals surface area contributed by atoms with Crippen molar-refractivity contribution in [2.45, 2.75) is 52.8 Å². The van der Waals surface area contributed by atoms with Crippen molar-refractivity contribution in [1.29, 1.82) is 0 Å². The molecule has 1 aliphatic heterocycles. The Morgan fingerprint density at radius 2 is 2.05 bits per heavy atom. The molecule has 4 aromatic rings. The third kappa shape index (κ3) is 6.91. The summed E-state index contributed by atoms with van der Waals surface area (Å²) in [6.07, 6.45) is 1.63. The molecule has 1 saturated heterocycles. The number of alkyl carbamates (subject to hydrolysis) is 1. The van der Waals surface area contributed by atoms with Gasteiger partial charge in [0, 0.05) is 31.0 Å². The van der Waals surface area contributed by atoms with E-state index in [1.807, 2.05) is 39.0 Å². The van der Waals surface area contributed by atoms with E-state index in [1.165, 1.54) is 10.9 Å². The monoisotopic (exact) mass is 591 g/mol. The molecule has 11 heteroatoms. The number of benzene rings is 1. The maximum atomic E-state index is 12.9. The molecule has 2 N–H and O–H groups in total. The largest absolute Gasteiger partial charge is 0.482 e. The van der Waals surface area contributed by atoms with Gasteiger partial charge in [0.05, 0.1) is 31.2 Å². The predicted octanol–water partition coefficient (Wildman–Crippen LogP) is 5.67. The zero-order valence-electron chi connectivity index (χ0n) is 24.6. The average Bonchev–Trinajstić information content (AvgIpc) is 3.67. The highest BCUT2D eigenvalue weighted by atomic mass is 32.1. The summed E-state index contributed by atoms with van der Waals surface area (Å²) in [5.41, 5.74) is 3.29. The van der Waals surface area contributed by atoms with E-state index >= 15 is 0 Å². The highest BCUT2D eigenvalue weighted by molar-refractivity contribution is 7.10. The molecule has 0 saturated carbocycles. The molecule has 5 rings (SSSR count). The lowest BCUT2D eigenvalue weighted by Gasteiger charge is -2.18. The number of carbonyl (C=O) groups is 1. The van der Waals surface area contributed by atoms with E-state index in [-0.39, 0.29) is 28.9 Å². The molecule has 10 nitrogen and oxygen atoms in total. The third-order valence-electron chi connectivity index (χ3n) is 6.94. The van der Waals surface area contributed by atoms with Gasteiger partial charge in [-0.25, -0.2) is 14.8 Å². The van der Waals surface area contributed by atoms with Crippen LogP contribution in [0.2, 0.25) is 0 Å². The van der Waals surface area contributed by atoms with Crippen LogP contribution in [0.25, 0.3) is 22.2 Å². The molecule has 0 spiro atoms. The Balaban J connectivity index is 1.33. The highest BCUT2D eigenvalue weighted by Crippen LogP contribution is 2.34. The van der Waals surface area contributed by atoms with E-state index in [0.29, 0.717) is 43.2 Å². The van der Waals surface area contributed by atoms with Crippen molar-refractivity contribution in [3.05, 3.63) is 68.9 Å². The topological polar surface area (TPSA) is 117 Å². The van der Waals surface area contributed by atoms with Crippen LogP contribution < -0.4 is 20.9 Å². The van der Waals surface area contributed by atoms with E-state index in [9.17, 15) is 9.59 Å². The Bertz CT molecular complexity index is 1620. The fraction of sp³-hybridized carbons (Fsp3) is 0.419. The van der Waals surface area contributed by atoms with E-state index in [1.54, 1.807) is 24.5 Å². The van der Waals surface area contributed by atoms with Gasteiger partial charge in [0.1, 0.15) is 23.9 Å². The van der Waals surface area contributed by atoms with Crippen LogP contribution in [0.3, 0.4) is 0 Å². The molecule has 222 valence electrons. The van der Waals surface area contributed by atoms with Crippen molar-refractivity contribution < 1.29 is 19.0 Å². The number of amides is 1. The number of carbonyl (C=O) groups excluding carboxylic acids is 1. The first kappa shape index (κ1) is 29.5. The summed E-state index contributed by atoms with van der Waals surface area (Å²) < 4.78 is 18.2. The lowest BCUT2D eigenvalue weighted by atomic mass is 9.99. The van der Waals surface area contributed by atoms with Crippen LogP contribution in [0.4, 0.5) is 10.6 Å². The summed E-state index contributed by atoms with van der Waals surface area (Å²) in [6, 6.07) is 11.8. The second-order valence-corrected chi connectivity index (χ2v) is 12.6. The van der Waals surface area contributed by atoms with Gasteiger partial charge in [-0.05, 0) is 40.5 Å². The number of fused-ring (bicyclic) bond motifs is 1. The summed E-state index contributed by atoms with van der Waals surface area (Å²) in [7, 11) is 1.69. The Hall–Kier alpha value is -3.96. The van der Waals surface area contributed by atoms with Gasteiger partial charge >= 0.3 is 6.09 Å². The van der Waals surface area contributed by atoms with Gasteiger partial charge in [-0.1, -0.05) is 45.0 Å². The number of ether oxygens (including phenoxy) is 3. The fourth-order valence-corrected chi connectivity index (χ4v) is 5.60. The number of hydrogen-bond donors (Lipinski definition) is 2. The Morgan fingerprint density at radius 3 is 2.81 bits per heavy atom. The maximum Gasteiger partial charge on any atom is 0.407 e. The van der Waals surface area contributed by atoms with Crippen molar-refractivity contribution in [2.75, 3.05) is 25.1 Å². The number of hydrogen-bond acceptors (Lipinski definition) is 9. The van der Waals surface area contributed by atoms with Crippen LogP contribution in [0, 0.1) is 5.41 Å². The van der Waals surface area contributed by atoms with E-state index in [4.69, 9.17) is 14.2 Å². The van der Waals surface area contributed by atoms with Gasteiger partial charge in [0.2, 0.25) is 0 Å². The van der Waals surface area contributed by atoms with Gasteiger partial charge in [-0.15, -0.1) is 11.3 Å². The van der Waals surface area contributed by atoms with Crippen molar-refractivity contribution in [1.82, 2.24) is 19.9 Å². The zero-order chi connectivity index (χ0) is 29.9. The minimum atomic E-state index is -0.428. The standard InChI is InChI=1S/C31H37N5O5S/c1-19(35-27-24-13-25(41-22-10-11-39-15-22)29(37)36(5)28(24)34-18-33-27)26-12-21(16-42-26)23-9-7-6-8-20(23)14-32-30(38)40-17-31(2,3)4/h6-9,12-13,16,18-19,22H,10-11,14-15,17H2,1-5H3,(H,32,38)(H,33,34,35)/t19-,22+/m1/s1. The summed E-state index contributed by atoms with van der Waals surface area (Å²) in [4.78, 5) is 35.1. The summed E-state index contributed by atoms with van der Waals surface area (Å²) in [5, 5.41) is 9.19. The molecule has 1 aromatic carbocycles. The molecule has 1 aliphatic rings. The van der Waals surface area contributed by atoms with Crippen molar-refractivity contribution in [3.8, 4) is 16.9 Å². The van der Waals surface area contributed by atoms with Crippen molar-refractivity contribution >= 4 is 34.3 Å². The first-order chi connectivity index (χ1) is 20.1. The van der Waals surface area contributed by atoms with Gasteiger partial charge in [-0.2, -0.15) is 0 Å². The molecule has 3 aromatic heterocycles. The number of anilines is 1. The number of aromatic nitrogens is 3. The second kappa shape index (κ2) is 12.5. The first-order valence-corrected chi connectivity index (χ1v) is 14.9. The average molecular weight is 592 g/mol. The highest BCUT2D eigenvalue weighted by Gasteiger charge is 2.22. The summed E-state index contributed by atoms with van der Waals surface area (Å²) >= 11 is 1.64. The third-order valence-corrected chi connectivity index (χ3v) is 8.06. The number of pyridine rings is 1. The lowest BCUT2D eigenvalue weighted by molar-refractivity contribution is 0.106. The number of rotatable bonds is 9. The number of aryl methyl sites for hydroxylation is 1. The van der Waals surface area contributed by atoms with E-state index in [0.717, 1.165) is 28.0 Å². The van der Waals surface area contributed by atoms with Crippen LogP contribution in [-0.4, -0.2) is 46.6 Å². The van der Waals surface area contributed by atoms with Crippen LogP contribution in [0.15, 0.2) is 52.9 Å². The molecule has 1 fully saturated rings. The molecule has 0 bridgehead atoms. The minimum absolute atomic E-state index is 0.0793. The fourth-order valence-electron chi connectivity index (χ4n) is 4.68. The normalized spacial score (nSPS) is 15.9. The number of nitrogens with one attached hydrogen (secondary N) is 2. The predicted molar refractivity (Wildman–Crippen MR) is 164 cm³/mol. The molecule has 0 aliphatic carbocycles. The molecule has 2 atom stereocenters. The van der Waals surface area contributed by atoms with Crippen LogP contribution in [0.1, 0.15) is 50.6 Å². The molecule has 4 heterocycles. The molecule has 42 heavy (non-hydrogen) atoms. The SMILES string of the molecule is C[C@@H](Nc1ncnc2c1cc(O[C@H]1CCOC1)c(=O)n2C)c1cc(-c2ccccc2CNC(=O)OCC(C)(C)C)cs1. The number of nitrogens with zero attached hydrogens (tertiary/aromatic N) is 3. The number of thiophene rings is 1. The molecular weight excluding hydrogens is 554 g/mol. The van der Waals surface area contributed by atoms with Crippen molar-refractivity contribution in [2.24, 2.45) is 12.5 Å². The van der Waals surface area contributed by atoms with Crippen LogP contribution in [0.5, 0.6) is 5.75 Å². The lowest BCUT2D eigenvalue weighted by Crippen LogP contribution is -2.27. The smallest absolute Gasteiger partial charge is 0.407 e. The second-order valence-electron chi connectivity index (χ2n) is 11.7.